The molecule has 2 heterocycles. The average Bonchev–Trinajstić information content (AvgIpc) is 3.64. The summed E-state index contributed by atoms with van der Waals surface area (Å²) in [5.74, 6) is 1.46. The van der Waals surface area contributed by atoms with Crippen LogP contribution in [0.5, 0.6) is 5.75 Å². The molecule has 1 fully saturated rings. The summed E-state index contributed by atoms with van der Waals surface area (Å²) in [6, 6.07) is 20.1. The lowest BCUT2D eigenvalue weighted by atomic mass is 10.1. The van der Waals surface area contributed by atoms with Crippen LogP contribution < -0.4 is 10.1 Å². The highest BCUT2D eigenvalue weighted by molar-refractivity contribution is 5.92. The van der Waals surface area contributed by atoms with Crippen LogP contribution in [0.4, 0.5) is 0 Å². The Labute approximate surface area is 206 Å². The standard InChI is InChI=1S/C29H31N3O3/c1-3-34-24-11-7-4-8-22(24)18-30-29(33)26-17-16-25(35-26)28-27(21-14-12-20(2)13-15-21)31-19-32(28)23-9-5-6-10-23/h4,7-8,11-17,19,23H,3,5-6,9-10,18H2,1-2H3,(H,30,33). The van der Waals surface area contributed by atoms with E-state index in [4.69, 9.17) is 14.1 Å². The van der Waals surface area contributed by atoms with Crippen molar-refractivity contribution in [2.24, 2.45) is 0 Å². The summed E-state index contributed by atoms with van der Waals surface area (Å²) in [6.45, 7) is 4.96. The minimum atomic E-state index is -0.258. The molecular weight excluding hydrogens is 438 g/mol. The van der Waals surface area contributed by atoms with Gasteiger partial charge >= 0.3 is 0 Å². The van der Waals surface area contributed by atoms with Crippen molar-refractivity contribution in [3.05, 3.63) is 83.9 Å². The fourth-order valence-electron chi connectivity index (χ4n) is 4.78. The molecule has 4 aromatic rings. The van der Waals surface area contributed by atoms with Gasteiger partial charge in [-0.3, -0.25) is 4.79 Å². The van der Waals surface area contributed by atoms with Crippen LogP contribution in [0, 0.1) is 6.92 Å². The van der Waals surface area contributed by atoms with E-state index in [0.29, 0.717) is 25.0 Å². The largest absolute Gasteiger partial charge is 0.494 e. The molecule has 0 spiro atoms. The van der Waals surface area contributed by atoms with Gasteiger partial charge in [0.1, 0.15) is 11.4 Å². The van der Waals surface area contributed by atoms with Crippen molar-refractivity contribution in [1.82, 2.24) is 14.9 Å². The summed E-state index contributed by atoms with van der Waals surface area (Å²) >= 11 is 0. The second-order valence-electron chi connectivity index (χ2n) is 9.04. The SMILES string of the molecule is CCOc1ccccc1CNC(=O)c1ccc(-c2c(-c3ccc(C)cc3)ncn2C2CCCC2)o1. The fraction of sp³-hybridized carbons (Fsp3) is 0.310. The summed E-state index contributed by atoms with van der Waals surface area (Å²) in [7, 11) is 0. The minimum Gasteiger partial charge on any atom is -0.494 e. The number of rotatable bonds is 8. The fourth-order valence-corrected chi connectivity index (χ4v) is 4.78. The van der Waals surface area contributed by atoms with E-state index >= 15 is 0 Å². The quantitative estimate of drug-likeness (QED) is 0.317. The molecule has 1 aliphatic rings. The molecule has 180 valence electrons. The number of imidazole rings is 1. The topological polar surface area (TPSA) is 69.3 Å². The van der Waals surface area contributed by atoms with Gasteiger partial charge in [-0.1, -0.05) is 60.9 Å². The Morgan fingerprint density at radius 1 is 1.09 bits per heavy atom. The first-order valence-corrected chi connectivity index (χ1v) is 12.4. The molecule has 0 bridgehead atoms. The zero-order chi connectivity index (χ0) is 24.2. The number of nitrogens with zero attached hydrogens (tertiary/aromatic N) is 2. The maximum Gasteiger partial charge on any atom is 0.287 e. The highest BCUT2D eigenvalue weighted by atomic mass is 16.5. The van der Waals surface area contributed by atoms with Crippen molar-refractivity contribution in [1.29, 1.82) is 0 Å². The number of carbonyl (C=O) groups excluding carboxylic acids is 1. The lowest BCUT2D eigenvalue weighted by molar-refractivity contribution is 0.0923. The third kappa shape index (κ3) is 4.87. The van der Waals surface area contributed by atoms with E-state index in [1.165, 1.54) is 18.4 Å². The molecular formula is C29H31N3O3. The second-order valence-corrected chi connectivity index (χ2v) is 9.04. The number of ether oxygens (including phenoxy) is 1. The molecule has 0 aliphatic heterocycles. The van der Waals surface area contributed by atoms with E-state index in [1.807, 2.05) is 43.6 Å². The van der Waals surface area contributed by atoms with Gasteiger partial charge in [-0.25, -0.2) is 4.98 Å². The van der Waals surface area contributed by atoms with Gasteiger partial charge in [0.15, 0.2) is 11.5 Å². The van der Waals surface area contributed by atoms with Gasteiger partial charge in [-0.05, 0) is 44.9 Å². The van der Waals surface area contributed by atoms with E-state index in [2.05, 4.69) is 41.1 Å². The molecule has 35 heavy (non-hydrogen) atoms. The van der Waals surface area contributed by atoms with Crippen LogP contribution in [0.3, 0.4) is 0 Å². The molecule has 1 amide bonds. The number of furan rings is 1. The number of amides is 1. The average molecular weight is 470 g/mol. The maximum absolute atomic E-state index is 12.9. The van der Waals surface area contributed by atoms with Crippen molar-refractivity contribution in [2.75, 3.05) is 6.61 Å². The molecule has 0 unspecified atom stereocenters. The summed E-state index contributed by atoms with van der Waals surface area (Å²) in [6.07, 6.45) is 6.62. The van der Waals surface area contributed by atoms with Crippen molar-refractivity contribution in [2.45, 2.75) is 52.1 Å². The monoisotopic (exact) mass is 469 g/mol. The molecule has 6 nitrogen and oxygen atoms in total. The van der Waals surface area contributed by atoms with E-state index in [0.717, 1.165) is 41.1 Å². The van der Waals surface area contributed by atoms with Crippen LogP contribution in [-0.2, 0) is 6.54 Å². The molecule has 0 saturated heterocycles. The Kier molecular flexibility index (Phi) is 6.70. The van der Waals surface area contributed by atoms with Crippen LogP contribution in [0.15, 0.2) is 71.4 Å². The number of carbonyl (C=O) groups is 1. The van der Waals surface area contributed by atoms with Crippen LogP contribution in [0.25, 0.3) is 22.7 Å². The zero-order valence-corrected chi connectivity index (χ0v) is 20.3. The van der Waals surface area contributed by atoms with Gasteiger partial charge in [-0.15, -0.1) is 0 Å². The molecule has 6 heteroatoms. The van der Waals surface area contributed by atoms with Crippen molar-refractivity contribution < 1.29 is 13.9 Å². The van der Waals surface area contributed by atoms with Gasteiger partial charge in [0.05, 0.1) is 18.6 Å². The Morgan fingerprint density at radius 3 is 2.63 bits per heavy atom. The number of nitrogens with one attached hydrogen (secondary N) is 1. The predicted octanol–water partition coefficient (Wildman–Crippen LogP) is 6.56. The van der Waals surface area contributed by atoms with Crippen LogP contribution in [-0.4, -0.2) is 22.1 Å². The molecule has 1 aliphatic carbocycles. The number of hydrogen-bond donors (Lipinski definition) is 1. The van der Waals surface area contributed by atoms with Gasteiger partial charge in [0.2, 0.25) is 0 Å². The van der Waals surface area contributed by atoms with Gasteiger partial charge in [-0.2, -0.15) is 0 Å². The molecule has 5 rings (SSSR count). The van der Waals surface area contributed by atoms with Gasteiger partial charge in [0.25, 0.3) is 5.91 Å². The first-order chi connectivity index (χ1) is 17.1. The van der Waals surface area contributed by atoms with Crippen LogP contribution >= 0.6 is 0 Å². The van der Waals surface area contributed by atoms with E-state index in [9.17, 15) is 4.79 Å². The molecule has 2 aromatic heterocycles. The van der Waals surface area contributed by atoms with Crippen molar-refractivity contribution in [3.63, 3.8) is 0 Å². The van der Waals surface area contributed by atoms with Crippen molar-refractivity contribution >= 4 is 5.91 Å². The summed E-state index contributed by atoms with van der Waals surface area (Å²) in [5, 5.41) is 2.96. The Bertz CT molecular complexity index is 1300. The highest BCUT2D eigenvalue weighted by Gasteiger charge is 2.26. The Hall–Kier alpha value is -3.80. The molecule has 1 saturated carbocycles. The molecule has 0 atom stereocenters. The highest BCUT2D eigenvalue weighted by Crippen LogP contribution is 2.39. The predicted molar refractivity (Wildman–Crippen MR) is 136 cm³/mol. The van der Waals surface area contributed by atoms with Crippen molar-refractivity contribution in [3.8, 4) is 28.5 Å². The maximum atomic E-state index is 12.9. The number of aryl methyl sites for hydroxylation is 1. The molecule has 1 N–H and O–H groups in total. The number of aromatic nitrogens is 2. The Balaban J connectivity index is 1.42. The molecule has 2 aromatic carbocycles. The van der Waals surface area contributed by atoms with E-state index in [1.54, 1.807) is 6.07 Å². The minimum absolute atomic E-state index is 0.258. The van der Waals surface area contributed by atoms with E-state index < -0.39 is 0 Å². The van der Waals surface area contributed by atoms with Crippen LogP contribution in [0.2, 0.25) is 0 Å². The number of para-hydroxylation sites is 1. The number of benzene rings is 2. The van der Waals surface area contributed by atoms with E-state index in [-0.39, 0.29) is 11.7 Å². The van der Waals surface area contributed by atoms with Crippen LogP contribution in [0.1, 0.15) is 60.3 Å². The van der Waals surface area contributed by atoms with Gasteiger partial charge in [0, 0.05) is 23.7 Å². The third-order valence-electron chi connectivity index (χ3n) is 6.61. The normalized spacial score (nSPS) is 13.8. The zero-order valence-electron chi connectivity index (χ0n) is 20.3. The lowest BCUT2D eigenvalue weighted by Gasteiger charge is -2.15. The smallest absolute Gasteiger partial charge is 0.287 e. The summed E-state index contributed by atoms with van der Waals surface area (Å²) < 4.78 is 14.0. The summed E-state index contributed by atoms with van der Waals surface area (Å²) in [5.41, 5.74) is 4.98. The molecule has 0 radical (unpaired) electrons. The second kappa shape index (κ2) is 10.2. The lowest BCUT2D eigenvalue weighted by Crippen LogP contribution is -2.22. The van der Waals surface area contributed by atoms with Gasteiger partial charge < -0.3 is 19.0 Å². The third-order valence-corrected chi connectivity index (χ3v) is 6.61. The number of hydrogen-bond acceptors (Lipinski definition) is 4. The Morgan fingerprint density at radius 2 is 1.86 bits per heavy atom. The summed E-state index contributed by atoms with van der Waals surface area (Å²) in [4.78, 5) is 17.7. The first-order valence-electron chi connectivity index (χ1n) is 12.4. The first kappa shape index (κ1) is 23.0.